The third kappa shape index (κ3) is 5.11. The number of halogens is 1. The smallest absolute Gasteiger partial charge is 0.319 e. The summed E-state index contributed by atoms with van der Waals surface area (Å²) in [6, 6.07) is 9.74. The van der Waals surface area contributed by atoms with Gasteiger partial charge in [0.25, 0.3) is 0 Å². The van der Waals surface area contributed by atoms with E-state index < -0.39 is 0 Å². The van der Waals surface area contributed by atoms with Gasteiger partial charge in [-0.1, -0.05) is 30.3 Å². The lowest BCUT2D eigenvalue weighted by Crippen LogP contribution is -2.48. The Morgan fingerprint density at radius 1 is 1.04 bits per heavy atom. The molecule has 1 atom stereocenters. The van der Waals surface area contributed by atoms with Crippen LogP contribution in [-0.2, 0) is 4.79 Å². The van der Waals surface area contributed by atoms with E-state index >= 15 is 0 Å². The van der Waals surface area contributed by atoms with Gasteiger partial charge >= 0.3 is 6.03 Å². The molecule has 6 nitrogen and oxygen atoms in total. The van der Waals surface area contributed by atoms with Gasteiger partial charge in [-0.2, -0.15) is 0 Å². The van der Waals surface area contributed by atoms with E-state index in [1.54, 1.807) is 0 Å². The molecule has 1 aromatic rings. The minimum absolute atomic E-state index is 0. The molecule has 0 radical (unpaired) electrons. The molecule has 2 fully saturated rings. The maximum absolute atomic E-state index is 12.4. The Morgan fingerprint density at radius 2 is 1.62 bits per heavy atom. The van der Waals surface area contributed by atoms with Gasteiger partial charge < -0.3 is 20.9 Å². The van der Waals surface area contributed by atoms with Crippen LogP contribution in [0.3, 0.4) is 0 Å². The molecule has 3 amide bonds. The molecular formula is C19H29ClN4O2. The average Bonchev–Trinajstić information content (AvgIpc) is 3.21. The van der Waals surface area contributed by atoms with Gasteiger partial charge in [-0.05, 0) is 31.2 Å². The number of carbonyl (C=O) groups excluding carboxylic acids is 2. The number of nitrogens with two attached hydrogens (primary N) is 1. The summed E-state index contributed by atoms with van der Waals surface area (Å²) in [4.78, 5) is 28.6. The van der Waals surface area contributed by atoms with Crippen LogP contribution in [-0.4, -0.2) is 54.5 Å². The number of amides is 3. The zero-order valence-electron chi connectivity index (χ0n) is 15.1. The normalized spacial score (nSPS) is 19.0. The SMILES string of the molecule is Cl.NC(CNC(=O)C1CCN(C(=O)N2CCCC2)CC1)c1ccccc1. The highest BCUT2D eigenvalue weighted by molar-refractivity contribution is 5.85. The van der Waals surface area contributed by atoms with Gasteiger partial charge in [-0.25, -0.2) is 4.79 Å². The summed E-state index contributed by atoms with van der Waals surface area (Å²) >= 11 is 0. The average molecular weight is 381 g/mol. The quantitative estimate of drug-likeness (QED) is 0.840. The Hall–Kier alpha value is -1.79. The van der Waals surface area contributed by atoms with Crippen molar-refractivity contribution in [2.24, 2.45) is 11.7 Å². The Balaban J connectivity index is 0.00000243. The Labute approximate surface area is 161 Å². The number of urea groups is 1. The van der Waals surface area contributed by atoms with E-state index in [-0.39, 0.29) is 36.3 Å². The van der Waals surface area contributed by atoms with E-state index in [0.717, 1.165) is 44.3 Å². The minimum atomic E-state index is -0.193. The van der Waals surface area contributed by atoms with Gasteiger partial charge in [0.2, 0.25) is 5.91 Å². The van der Waals surface area contributed by atoms with Crippen molar-refractivity contribution >= 4 is 24.3 Å². The highest BCUT2D eigenvalue weighted by atomic mass is 35.5. The van der Waals surface area contributed by atoms with E-state index in [1.807, 2.05) is 40.1 Å². The van der Waals surface area contributed by atoms with E-state index in [9.17, 15) is 9.59 Å². The van der Waals surface area contributed by atoms with Crippen molar-refractivity contribution in [2.45, 2.75) is 31.7 Å². The highest BCUT2D eigenvalue weighted by Gasteiger charge is 2.30. The lowest BCUT2D eigenvalue weighted by Gasteiger charge is -2.34. The molecule has 3 N–H and O–H groups in total. The maximum atomic E-state index is 12.4. The van der Waals surface area contributed by atoms with Gasteiger partial charge in [-0.15, -0.1) is 12.4 Å². The molecule has 1 unspecified atom stereocenters. The third-order valence-electron chi connectivity index (χ3n) is 5.24. The van der Waals surface area contributed by atoms with Gasteiger partial charge in [0.05, 0.1) is 0 Å². The molecule has 0 spiro atoms. The van der Waals surface area contributed by atoms with E-state index in [4.69, 9.17) is 5.73 Å². The van der Waals surface area contributed by atoms with Crippen molar-refractivity contribution < 1.29 is 9.59 Å². The van der Waals surface area contributed by atoms with E-state index in [1.165, 1.54) is 0 Å². The van der Waals surface area contributed by atoms with Crippen molar-refractivity contribution in [3.05, 3.63) is 35.9 Å². The second-order valence-corrected chi connectivity index (χ2v) is 7.00. The van der Waals surface area contributed by atoms with E-state index in [2.05, 4.69) is 5.32 Å². The van der Waals surface area contributed by atoms with Crippen LogP contribution >= 0.6 is 12.4 Å². The molecule has 0 aromatic heterocycles. The minimum Gasteiger partial charge on any atom is -0.354 e. The van der Waals surface area contributed by atoms with Crippen LogP contribution in [0.4, 0.5) is 4.79 Å². The van der Waals surface area contributed by atoms with Crippen molar-refractivity contribution in [3.8, 4) is 0 Å². The van der Waals surface area contributed by atoms with Crippen LogP contribution < -0.4 is 11.1 Å². The Bertz CT molecular complexity index is 584. The molecule has 2 aliphatic heterocycles. The first-order valence-corrected chi connectivity index (χ1v) is 9.27. The number of likely N-dealkylation sites (tertiary alicyclic amines) is 2. The number of nitrogens with one attached hydrogen (secondary N) is 1. The van der Waals surface area contributed by atoms with Gasteiger partial charge in [0, 0.05) is 44.7 Å². The molecule has 7 heteroatoms. The Morgan fingerprint density at radius 3 is 2.23 bits per heavy atom. The van der Waals surface area contributed by atoms with Crippen LogP contribution in [0, 0.1) is 5.92 Å². The molecule has 26 heavy (non-hydrogen) atoms. The van der Waals surface area contributed by atoms with E-state index in [0.29, 0.717) is 19.6 Å². The van der Waals surface area contributed by atoms with Crippen molar-refractivity contribution in [1.82, 2.24) is 15.1 Å². The first kappa shape index (κ1) is 20.5. The van der Waals surface area contributed by atoms with Crippen molar-refractivity contribution in [1.29, 1.82) is 0 Å². The molecular weight excluding hydrogens is 352 g/mol. The van der Waals surface area contributed by atoms with Crippen LogP contribution in [0.5, 0.6) is 0 Å². The topological polar surface area (TPSA) is 78.7 Å². The first-order chi connectivity index (χ1) is 12.1. The van der Waals surface area contributed by atoms with Gasteiger partial charge in [-0.3, -0.25) is 4.79 Å². The van der Waals surface area contributed by atoms with Crippen LogP contribution in [0.15, 0.2) is 30.3 Å². The highest BCUT2D eigenvalue weighted by Crippen LogP contribution is 2.20. The summed E-state index contributed by atoms with van der Waals surface area (Å²) in [6.45, 7) is 3.51. The van der Waals surface area contributed by atoms with Crippen LogP contribution in [0.2, 0.25) is 0 Å². The molecule has 2 heterocycles. The summed E-state index contributed by atoms with van der Waals surface area (Å²) in [5.74, 6) is 0.0326. The summed E-state index contributed by atoms with van der Waals surface area (Å²) < 4.78 is 0. The standard InChI is InChI=1S/C19H28N4O2.ClH/c20-17(15-6-2-1-3-7-15)14-21-18(24)16-8-12-23(13-9-16)19(25)22-10-4-5-11-22;/h1-3,6-7,16-17H,4-5,8-14,20H2,(H,21,24);1H. The lowest BCUT2D eigenvalue weighted by molar-refractivity contribution is -0.126. The number of nitrogens with zero attached hydrogens (tertiary/aromatic N) is 2. The lowest BCUT2D eigenvalue weighted by atomic mass is 9.96. The predicted octanol–water partition coefficient (Wildman–Crippen LogP) is 2.15. The molecule has 0 bridgehead atoms. The summed E-state index contributed by atoms with van der Waals surface area (Å²) in [5.41, 5.74) is 7.15. The number of carbonyl (C=O) groups is 2. The predicted molar refractivity (Wildman–Crippen MR) is 104 cm³/mol. The number of rotatable bonds is 4. The number of hydrogen-bond acceptors (Lipinski definition) is 3. The first-order valence-electron chi connectivity index (χ1n) is 9.27. The Kier molecular flexibility index (Phi) is 7.72. The maximum Gasteiger partial charge on any atom is 0.319 e. The molecule has 2 saturated heterocycles. The number of piperidine rings is 1. The van der Waals surface area contributed by atoms with Crippen LogP contribution in [0.25, 0.3) is 0 Å². The monoisotopic (exact) mass is 380 g/mol. The fraction of sp³-hybridized carbons (Fsp3) is 0.579. The molecule has 1 aromatic carbocycles. The summed E-state index contributed by atoms with van der Waals surface area (Å²) in [5, 5.41) is 2.97. The van der Waals surface area contributed by atoms with Gasteiger partial charge in [0.15, 0.2) is 0 Å². The summed E-state index contributed by atoms with van der Waals surface area (Å²) in [7, 11) is 0. The van der Waals surface area contributed by atoms with Crippen molar-refractivity contribution in [3.63, 3.8) is 0 Å². The summed E-state index contributed by atoms with van der Waals surface area (Å²) in [6.07, 6.45) is 3.66. The zero-order chi connectivity index (χ0) is 17.6. The van der Waals surface area contributed by atoms with Gasteiger partial charge in [0.1, 0.15) is 0 Å². The number of hydrogen-bond donors (Lipinski definition) is 2. The van der Waals surface area contributed by atoms with Crippen LogP contribution in [0.1, 0.15) is 37.3 Å². The molecule has 144 valence electrons. The second kappa shape index (κ2) is 9.78. The fourth-order valence-electron chi connectivity index (χ4n) is 3.61. The molecule has 0 saturated carbocycles. The largest absolute Gasteiger partial charge is 0.354 e. The molecule has 2 aliphatic rings. The number of benzene rings is 1. The molecule has 0 aliphatic carbocycles. The second-order valence-electron chi connectivity index (χ2n) is 7.00. The third-order valence-corrected chi connectivity index (χ3v) is 5.24. The van der Waals surface area contributed by atoms with Crippen molar-refractivity contribution in [2.75, 3.05) is 32.7 Å². The zero-order valence-corrected chi connectivity index (χ0v) is 15.9. The molecule has 3 rings (SSSR count). The fourth-order valence-corrected chi connectivity index (χ4v) is 3.61.